The fourth-order valence-electron chi connectivity index (χ4n) is 5.78. The summed E-state index contributed by atoms with van der Waals surface area (Å²) < 4.78 is 38.6. The molecule has 4 aromatic rings. The molecule has 2 aromatic heterocycles. The third-order valence-corrected chi connectivity index (χ3v) is 10.2. The molecule has 0 N–H and O–H groups in total. The quantitative estimate of drug-likeness (QED) is 0.168. The number of imide groups is 1. The zero-order valence-corrected chi connectivity index (χ0v) is 33.2. The van der Waals surface area contributed by atoms with Crippen molar-refractivity contribution in [3.05, 3.63) is 76.3 Å². The summed E-state index contributed by atoms with van der Waals surface area (Å²) in [6.07, 6.45) is -2.51. The number of thioether (sulfide) groups is 1. The normalized spacial score (nSPS) is 22.9. The molecule has 2 amide bonds. The molecule has 2 saturated heterocycles. The van der Waals surface area contributed by atoms with E-state index in [-0.39, 0.29) is 11.7 Å². The number of ether oxygens (including phenoxy) is 6. The van der Waals surface area contributed by atoms with Crippen molar-refractivity contribution in [1.29, 1.82) is 5.26 Å². The minimum Gasteiger partial charge on any atom is -0.443 e. The fourth-order valence-corrected chi connectivity index (χ4v) is 8.03. The van der Waals surface area contributed by atoms with Crippen molar-refractivity contribution in [2.45, 2.75) is 101 Å². The topological polar surface area (TPSA) is 160 Å². The zero-order chi connectivity index (χ0) is 38.8. The number of thiazole rings is 1. The van der Waals surface area contributed by atoms with Crippen LogP contribution in [-0.4, -0.2) is 80.3 Å². The summed E-state index contributed by atoms with van der Waals surface area (Å²) in [5, 5.41) is 20.4. The van der Waals surface area contributed by atoms with Gasteiger partial charge >= 0.3 is 12.2 Å². The van der Waals surface area contributed by atoms with E-state index in [0.29, 0.717) is 28.6 Å². The number of nitrogens with zero attached hydrogens (tertiary/aromatic N) is 6. The molecular weight excluding hydrogens is 756 g/mol. The lowest BCUT2D eigenvalue weighted by Crippen LogP contribution is -2.59. The summed E-state index contributed by atoms with van der Waals surface area (Å²) in [6.45, 7) is 12.7. The van der Waals surface area contributed by atoms with E-state index in [9.17, 15) is 14.9 Å². The highest BCUT2D eigenvalue weighted by molar-refractivity contribution is 7.99. The van der Waals surface area contributed by atoms with Crippen molar-refractivity contribution >= 4 is 52.0 Å². The summed E-state index contributed by atoms with van der Waals surface area (Å²) in [5.74, 6) is 0. The molecule has 2 aliphatic heterocycles. The Morgan fingerprint density at radius 3 is 2.39 bits per heavy atom. The average molecular weight is 797 g/mol. The second-order valence-corrected chi connectivity index (χ2v) is 16.8. The number of benzene rings is 2. The monoisotopic (exact) mass is 796 g/mol. The van der Waals surface area contributed by atoms with Crippen LogP contribution < -0.4 is 4.90 Å². The molecule has 2 fully saturated rings. The van der Waals surface area contributed by atoms with E-state index in [1.165, 1.54) is 11.8 Å². The Hall–Kier alpha value is -4.08. The molecule has 17 heteroatoms. The number of aromatic nitrogens is 4. The van der Waals surface area contributed by atoms with Gasteiger partial charge in [0.05, 0.1) is 23.4 Å². The summed E-state index contributed by atoms with van der Waals surface area (Å²) in [4.78, 5) is 32.7. The van der Waals surface area contributed by atoms with Crippen LogP contribution in [0.1, 0.15) is 71.9 Å². The summed E-state index contributed by atoms with van der Waals surface area (Å²) in [7, 11) is 0. The van der Waals surface area contributed by atoms with Crippen LogP contribution in [0.4, 0.5) is 14.7 Å². The third-order valence-electron chi connectivity index (χ3n) is 7.97. The number of carbonyl (C=O) groups is 2. The second kappa shape index (κ2) is 16.3. The lowest BCUT2D eigenvalue weighted by molar-refractivity contribution is -0.309. The molecule has 54 heavy (non-hydrogen) atoms. The van der Waals surface area contributed by atoms with Crippen LogP contribution in [0.3, 0.4) is 0 Å². The minimum absolute atomic E-state index is 0.0392. The van der Waals surface area contributed by atoms with Crippen LogP contribution >= 0.6 is 34.7 Å². The zero-order valence-electron chi connectivity index (χ0n) is 30.8. The largest absolute Gasteiger partial charge is 0.443 e. The van der Waals surface area contributed by atoms with Crippen LogP contribution in [0.15, 0.2) is 65.0 Å². The Balaban J connectivity index is 1.35. The Morgan fingerprint density at radius 2 is 1.76 bits per heavy atom. The molecule has 4 heterocycles. The molecule has 0 aliphatic carbocycles. The average Bonchev–Trinajstić information content (AvgIpc) is 3.78. The number of hydrogen-bond acceptors (Lipinski definition) is 14. The first-order valence-corrected chi connectivity index (χ1v) is 19.4. The maximum Gasteiger partial charge on any atom is 0.426 e. The van der Waals surface area contributed by atoms with Crippen molar-refractivity contribution in [2.24, 2.45) is 0 Å². The van der Waals surface area contributed by atoms with Crippen LogP contribution in [0.25, 0.3) is 11.4 Å². The van der Waals surface area contributed by atoms with Crippen LogP contribution in [-0.2, 0) is 28.4 Å². The number of hydrogen-bond donors (Lipinski definition) is 0. The minimum atomic E-state index is -0.925. The van der Waals surface area contributed by atoms with Gasteiger partial charge in [-0.25, -0.2) is 19.3 Å². The SMILES string of the molecule is CCOC1C(n2cc(-c3csc(N(C(=O)OC(C)(C)C)C(=O)OC(C)(C)C)n3)nn2)[C@H]2OC(c3ccccc3)OCC2O[C@@H]1Sc1ccc(C#N)c(Cl)c1. The smallest absolute Gasteiger partial charge is 0.426 e. The van der Waals surface area contributed by atoms with Gasteiger partial charge in [0.15, 0.2) is 6.29 Å². The van der Waals surface area contributed by atoms with Crippen molar-refractivity contribution in [1.82, 2.24) is 20.0 Å². The van der Waals surface area contributed by atoms with E-state index in [1.54, 1.807) is 69.9 Å². The van der Waals surface area contributed by atoms with Gasteiger partial charge in [-0.05, 0) is 66.7 Å². The number of nitriles is 1. The summed E-state index contributed by atoms with van der Waals surface area (Å²) in [5.41, 5.74) is -0.385. The van der Waals surface area contributed by atoms with Crippen molar-refractivity contribution in [2.75, 3.05) is 18.1 Å². The van der Waals surface area contributed by atoms with Gasteiger partial charge in [-0.2, -0.15) is 10.2 Å². The van der Waals surface area contributed by atoms with E-state index in [2.05, 4.69) is 21.4 Å². The van der Waals surface area contributed by atoms with Gasteiger partial charge in [-0.1, -0.05) is 58.9 Å². The number of fused-ring (bicyclic) bond motifs is 1. The van der Waals surface area contributed by atoms with E-state index >= 15 is 0 Å². The van der Waals surface area contributed by atoms with Crippen molar-refractivity contribution in [3.8, 4) is 17.5 Å². The summed E-state index contributed by atoms with van der Waals surface area (Å²) >= 11 is 8.85. The molecule has 0 radical (unpaired) electrons. The highest BCUT2D eigenvalue weighted by atomic mass is 35.5. The molecule has 0 saturated carbocycles. The third kappa shape index (κ3) is 9.23. The molecule has 4 unspecified atom stereocenters. The van der Waals surface area contributed by atoms with Crippen LogP contribution in [0.5, 0.6) is 0 Å². The predicted molar refractivity (Wildman–Crippen MR) is 201 cm³/mol. The number of carbonyl (C=O) groups excluding carboxylic acids is 2. The first-order chi connectivity index (χ1) is 25.6. The van der Waals surface area contributed by atoms with Gasteiger partial charge in [0.1, 0.15) is 58.4 Å². The maximum absolute atomic E-state index is 13.3. The first-order valence-electron chi connectivity index (χ1n) is 17.2. The van der Waals surface area contributed by atoms with Gasteiger partial charge in [-0.15, -0.1) is 16.4 Å². The van der Waals surface area contributed by atoms with E-state index in [4.69, 9.17) is 40.0 Å². The molecule has 0 bridgehead atoms. The first kappa shape index (κ1) is 39.6. The standard InChI is InChI=1S/C37H41ClN6O8S2/c1-8-47-30-28(43-18-25(41-42-43)26-20-53-33(40-26)44(34(45)51-36(2,3)4)35(46)52-37(5,6)7)29-27(19-48-31(50-29)21-12-10-9-11-13-21)49-32(30)54-23-15-14-22(17-39)24(38)16-23/h9-16,18,20,27-32H,8,19H2,1-7H3/t27?,28?,29-,30?,31?,32+/m0/s1. The summed E-state index contributed by atoms with van der Waals surface area (Å²) in [6, 6.07) is 16.3. The molecule has 6 atom stereocenters. The molecule has 2 aromatic carbocycles. The Labute approximate surface area is 326 Å². The van der Waals surface area contributed by atoms with Crippen LogP contribution in [0, 0.1) is 11.3 Å². The molecular formula is C37H41ClN6O8S2. The fraction of sp³-hybridized carbons (Fsp3) is 0.459. The number of halogens is 1. The van der Waals surface area contributed by atoms with E-state index in [1.807, 2.05) is 43.3 Å². The predicted octanol–water partition coefficient (Wildman–Crippen LogP) is 8.18. The Morgan fingerprint density at radius 1 is 1.06 bits per heavy atom. The van der Waals surface area contributed by atoms with Crippen molar-refractivity contribution < 1.29 is 38.0 Å². The molecule has 6 rings (SSSR count). The van der Waals surface area contributed by atoms with Gasteiger partial charge in [0.2, 0.25) is 5.13 Å². The second-order valence-electron chi connectivity index (χ2n) is 14.4. The highest BCUT2D eigenvalue weighted by Gasteiger charge is 2.52. The van der Waals surface area contributed by atoms with Gasteiger partial charge < -0.3 is 28.4 Å². The van der Waals surface area contributed by atoms with E-state index in [0.717, 1.165) is 26.7 Å². The number of rotatable bonds is 8. The Kier molecular flexibility index (Phi) is 12.0. The molecule has 14 nitrogen and oxygen atoms in total. The number of amides is 2. The molecule has 0 spiro atoms. The maximum atomic E-state index is 13.3. The van der Waals surface area contributed by atoms with Gasteiger partial charge in [0, 0.05) is 22.4 Å². The molecule has 2 aliphatic rings. The highest BCUT2D eigenvalue weighted by Crippen LogP contribution is 2.45. The van der Waals surface area contributed by atoms with Gasteiger partial charge in [-0.3, -0.25) is 0 Å². The lowest BCUT2D eigenvalue weighted by Gasteiger charge is -2.49. The Bertz CT molecular complexity index is 1960. The number of anilines is 1. The van der Waals surface area contributed by atoms with Crippen molar-refractivity contribution in [3.63, 3.8) is 0 Å². The lowest BCUT2D eigenvalue weighted by atomic mass is 9.95. The molecule has 286 valence electrons. The van der Waals surface area contributed by atoms with Gasteiger partial charge in [0.25, 0.3) is 0 Å². The van der Waals surface area contributed by atoms with Crippen LogP contribution in [0.2, 0.25) is 5.02 Å². The van der Waals surface area contributed by atoms with E-state index < -0.39 is 59.5 Å².